The van der Waals surface area contributed by atoms with Crippen LogP contribution in [0.1, 0.15) is 44.6 Å². The Kier molecular flexibility index (Phi) is 7.48. The van der Waals surface area contributed by atoms with Gasteiger partial charge in [0.15, 0.2) is 17.3 Å². The molecular weight excluding hydrogens is 252 g/mol. The number of ketones is 1. The Labute approximate surface area is 121 Å². The molecule has 0 amide bonds. The zero-order chi connectivity index (χ0) is 14.8. The van der Waals surface area contributed by atoms with Crippen molar-refractivity contribution in [3.63, 3.8) is 0 Å². The molecule has 0 atom stereocenters. The molecule has 20 heavy (non-hydrogen) atoms. The molecule has 0 bridgehead atoms. The molecule has 0 radical (unpaired) electrons. The van der Waals surface area contributed by atoms with Gasteiger partial charge in [0.05, 0.1) is 7.11 Å². The summed E-state index contributed by atoms with van der Waals surface area (Å²) in [7, 11) is 1.53. The predicted molar refractivity (Wildman–Crippen MR) is 81.3 cm³/mol. The molecule has 0 saturated heterocycles. The number of phenolic OH excluding ortho intramolecular Hbond substituents is 1. The lowest BCUT2D eigenvalue weighted by atomic mass is 10.1. The second-order valence-corrected chi connectivity index (χ2v) is 4.87. The van der Waals surface area contributed by atoms with Crippen LogP contribution in [0.5, 0.6) is 11.5 Å². The lowest BCUT2D eigenvalue weighted by Crippen LogP contribution is -1.95. The lowest BCUT2D eigenvalue weighted by molar-refractivity contribution is -0.114. The molecule has 0 saturated carbocycles. The van der Waals surface area contributed by atoms with E-state index in [4.69, 9.17) is 4.74 Å². The van der Waals surface area contributed by atoms with Gasteiger partial charge in [-0.15, -0.1) is 0 Å². The molecule has 3 heteroatoms. The van der Waals surface area contributed by atoms with E-state index >= 15 is 0 Å². The lowest BCUT2D eigenvalue weighted by Gasteiger charge is -2.06. The fraction of sp³-hybridized carbons (Fsp3) is 0.471. The minimum Gasteiger partial charge on any atom is -0.504 e. The van der Waals surface area contributed by atoms with E-state index in [1.807, 2.05) is 18.2 Å². The van der Waals surface area contributed by atoms with Crippen LogP contribution in [0.4, 0.5) is 0 Å². The highest BCUT2D eigenvalue weighted by molar-refractivity contribution is 5.89. The van der Waals surface area contributed by atoms with Crippen LogP contribution in [-0.4, -0.2) is 18.0 Å². The molecule has 1 aromatic carbocycles. The molecule has 0 aromatic heterocycles. The normalized spacial score (nSPS) is 10.9. The third kappa shape index (κ3) is 5.91. The first kappa shape index (κ1) is 16.3. The average Bonchev–Trinajstić information content (AvgIpc) is 2.45. The number of aryl methyl sites for hydroxylation is 1. The number of carbonyl (C=O) groups is 1. The number of ether oxygens (including phenoxy) is 1. The third-order valence-corrected chi connectivity index (χ3v) is 3.16. The number of unbranched alkanes of at least 4 members (excludes halogenated alkanes) is 2. The van der Waals surface area contributed by atoms with Crippen molar-refractivity contribution in [3.8, 4) is 11.5 Å². The molecule has 0 spiro atoms. The van der Waals surface area contributed by atoms with Crippen LogP contribution >= 0.6 is 0 Å². The molecule has 1 N–H and O–H groups in total. The smallest absolute Gasteiger partial charge is 0.160 e. The molecule has 0 heterocycles. The highest BCUT2D eigenvalue weighted by Gasteiger charge is 2.03. The third-order valence-electron chi connectivity index (χ3n) is 3.16. The van der Waals surface area contributed by atoms with Gasteiger partial charge in [-0.1, -0.05) is 31.9 Å². The maximum atomic E-state index is 11.6. The Morgan fingerprint density at radius 3 is 2.85 bits per heavy atom. The quantitative estimate of drug-likeness (QED) is 0.547. The molecule has 1 aromatic rings. The molecule has 0 unspecified atom stereocenters. The first-order valence-electron chi connectivity index (χ1n) is 7.22. The number of phenols is 1. The van der Waals surface area contributed by atoms with Gasteiger partial charge in [-0.25, -0.2) is 0 Å². The fourth-order valence-corrected chi connectivity index (χ4v) is 1.96. The van der Waals surface area contributed by atoms with Crippen LogP contribution in [0, 0.1) is 0 Å². The number of aromatic hydroxyl groups is 1. The molecule has 0 aliphatic heterocycles. The van der Waals surface area contributed by atoms with Gasteiger partial charge in [0, 0.05) is 6.42 Å². The minimum absolute atomic E-state index is 0.145. The highest BCUT2D eigenvalue weighted by Crippen LogP contribution is 2.26. The number of hydrogen-bond donors (Lipinski definition) is 1. The van der Waals surface area contributed by atoms with Gasteiger partial charge in [-0.05, 0) is 43.0 Å². The van der Waals surface area contributed by atoms with E-state index in [0.717, 1.165) is 37.7 Å². The van der Waals surface area contributed by atoms with Crippen LogP contribution in [-0.2, 0) is 11.2 Å². The van der Waals surface area contributed by atoms with E-state index < -0.39 is 0 Å². The van der Waals surface area contributed by atoms with Crippen molar-refractivity contribution in [2.45, 2.75) is 45.4 Å². The van der Waals surface area contributed by atoms with Gasteiger partial charge < -0.3 is 9.84 Å². The van der Waals surface area contributed by atoms with E-state index in [9.17, 15) is 9.90 Å². The summed E-state index contributed by atoms with van der Waals surface area (Å²) in [5.74, 6) is 0.811. The van der Waals surface area contributed by atoms with Crippen molar-refractivity contribution < 1.29 is 14.6 Å². The maximum Gasteiger partial charge on any atom is 0.160 e. The first-order chi connectivity index (χ1) is 9.67. The number of carbonyl (C=O) groups excluding carboxylic acids is 1. The van der Waals surface area contributed by atoms with Crippen molar-refractivity contribution in [1.29, 1.82) is 0 Å². The average molecular weight is 276 g/mol. The summed E-state index contributed by atoms with van der Waals surface area (Å²) in [6.07, 6.45) is 9.13. The molecule has 110 valence electrons. The Bertz CT molecular complexity index is 450. The fourth-order valence-electron chi connectivity index (χ4n) is 1.96. The number of methoxy groups -OCH3 is 1. The summed E-state index contributed by atoms with van der Waals surface area (Å²) in [4.78, 5) is 11.6. The summed E-state index contributed by atoms with van der Waals surface area (Å²) in [5, 5.41) is 9.50. The Morgan fingerprint density at radius 1 is 1.35 bits per heavy atom. The van der Waals surface area contributed by atoms with E-state index in [1.54, 1.807) is 12.1 Å². The van der Waals surface area contributed by atoms with E-state index in [-0.39, 0.29) is 11.5 Å². The Morgan fingerprint density at radius 2 is 2.15 bits per heavy atom. The summed E-state index contributed by atoms with van der Waals surface area (Å²) >= 11 is 0. The van der Waals surface area contributed by atoms with E-state index in [2.05, 4.69) is 6.92 Å². The topological polar surface area (TPSA) is 46.5 Å². The minimum atomic E-state index is 0.145. The first-order valence-corrected chi connectivity index (χ1v) is 7.22. The number of rotatable bonds is 9. The SMILES string of the molecule is CCCC/C=C/C(=O)CCCc1ccc(O)c(OC)c1. The Balaban J connectivity index is 2.33. The Hall–Kier alpha value is -1.77. The molecule has 3 nitrogen and oxygen atoms in total. The van der Waals surface area contributed by atoms with Crippen LogP contribution in [0.15, 0.2) is 30.4 Å². The van der Waals surface area contributed by atoms with Crippen molar-refractivity contribution >= 4 is 5.78 Å². The molecular formula is C17H24O3. The maximum absolute atomic E-state index is 11.6. The number of benzene rings is 1. The van der Waals surface area contributed by atoms with Crippen LogP contribution < -0.4 is 4.74 Å². The largest absolute Gasteiger partial charge is 0.504 e. The summed E-state index contributed by atoms with van der Waals surface area (Å²) < 4.78 is 5.06. The summed E-state index contributed by atoms with van der Waals surface area (Å²) in [6.45, 7) is 2.14. The molecule has 1 rings (SSSR count). The summed E-state index contributed by atoms with van der Waals surface area (Å²) in [6, 6.07) is 5.30. The van der Waals surface area contributed by atoms with Gasteiger partial charge in [-0.3, -0.25) is 4.79 Å². The standard InChI is InChI=1S/C17H24O3/c1-3-4-5-6-9-15(18)10-7-8-14-11-12-16(19)17(13-14)20-2/h6,9,11-13,19H,3-5,7-8,10H2,1-2H3/b9-6+. The van der Waals surface area contributed by atoms with E-state index in [1.165, 1.54) is 7.11 Å². The molecule has 0 aliphatic carbocycles. The van der Waals surface area contributed by atoms with Gasteiger partial charge in [0.1, 0.15) is 0 Å². The summed E-state index contributed by atoms with van der Waals surface area (Å²) in [5.41, 5.74) is 1.07. The second-order valence-electron chi connectivity index (χ2n) is 4.87. The van der Waals surface area contributed by atoms with Gasteiger partial charge in [-0.2, -0.15) is 0 Å². The van der Waals surface area contributed by atoms with Gasteiger partial charge in [0.25, 0.3) is 0 Å². The van der Waals surface area contributed by atoms with Gasteiger partial charge in [0.2, 0.25) is 0 Å². The van der Waals surface area contributed by atoms with Crippen LogP contribution in [0.2, 0.25) is 0 Å². The predicted octanol–water partition coefficient (Wildman–Crippen LogP) is 4.04. The second kappa shape index (κ2) is 9.18. The highest BCUT2D eigenvalue weighted by atomic mass is 16.5. The van der Waals surface area contributed by atoms with Crippen LogP contribution in [0.3, 0.4) is 0 Å². The zero-order valence-electron chi connectivity index (χ0n) is 12.4. The van der Waals surface area contributed by atoms with Crippen molar-refractivity contribution in [3.05, 3.63) is 35.9 Å². The van der Waals surface area contributed by atoms with Crippen molar-refractivity contribution in [2.24, 2.45) is 0 Å². The van der Waals surface area contributed by atoms with Crippen molar-refractivity contribution in [2.75, 3.05) is 7.11 Å². The number of allylic oxidation sites excluding steroid dienone is 2. The monoisotopic (exact) mass is 276 g/mol. The molecule has 0 fully saturated rings. The van der Waals surface area contributed by atoms with Crippen LogP contribution in [0.25, 0.3) is 0 Å². The van der Waals surface area contributed by atoms with Gasteiger partial charge >= 0.3 is 0 Å². The number of hydrogen-bond acceptors (Lipinski definition) is 3. The van der Waals surface area contributed by atoms with E-state index in [0.29, 0.717) is 12.2 Å². The van der Waals surface area contributed by atoms with Crippen molar-refractivity contribution in [1.82, 2.24) is 0 Å². The zero-order valence-corrected chi connectivity index (χ0v) is 12.4. The molecule has 0 aliphatic rings.